The molecule has 2 aromatic carbocycles. The van der Waals surface area contributed by atoms with Crippen molar-refractivity contribution in [2.24, 2.45) is 23.7 Å². The molecule has 52 heavy (non-hydrogen) atoms. The molecule has 4 aliphatic rings. The number of imide groups is 2. The van der Waals surface area contributed by atoms with Gasteiger partial charge in [0.1, 0.15) is 0 Å². The van der Waals surface area contributed by atoms with Crippen molar-refractivity contribution in [3.63, 3.8) is 0 Å². The molecule has 6 rings (SSSR count). The topological polar surface area (TPSA) is 203 Å². The zero-order chi connectivity index (χ0) is 38.2. The third kappa shape index (κ3) is 5.15. The van der Waals surface area contributed by atoms with Crippen molar-refractivity contribution in [1.82, 2.24) is 4.90 Å². The average Bonchev–Trinajstić information content (AvgIpc) is 3.44. The Kier molecular flexibility index (Phi) is 9.28. The van der Waals surface area contributed by atoms with E-state index in [4.69, 9.17) is 32.7 Å². The molecule has 19 heteroatoms. The Morgan fingerprint density at radius 3 is 2.06 bits per heavy atom. The largest absolute Gasteiger partial charge is 0.502 e. The van der Waals surface area contributed by atoms with Crippen LogP contribution in [-0.2, 0) is 19.2 Å². The Morgan fingerprint density at radius 1 is 0.981 bits per heavy atom. The van der Waals surface area contributed by atoms with Crippen molar-refractivity contribution in [2.75, 3.05) is 43.6 Å². The third-order valence-electron chi connectivity index (χ3n) is 10.2. The summed E-state index contributed by atoms with van der Waals surface area (Å²) in [5.74, 6) is -7.46. The predicted molar refractivity (Wildman–Crippen MR) is 191 cm³/mol. The lowest BCUT2D eigenvalue weighted by Crippen LogP contribution is -2.60. The van der Waals surface area contributed by atoms with Gasteiger partial charge in [0.15, 0.2) is 26.9 Å². The standard InChI is InChI=1S/C33H30BrCl2N5O11/c1-37(2)26-21(40(47)48)11-16(12-22(26)41(49)50)39-28(43)18-7-6-17-19(25(18)29(39)44)13-32(35)30(45)38(14-34)31(46)33(32,36)20(17)8-5-15-9-23(51-3)27(42)24(10-15)52-4/h5-6,8-12,18-20,25,42H,7,13-14H2,1-4H3/t18-,19+,20-,25-,32+,33-/m0/s1. The van der Waals surface area contributed by atoms with Gasteiger partial charge in [0.05, 0.1) is 47.0 Å². The van der Waals surface area contributed by atoms with Crippen LogP contribution in [0.4, 0.5) is 22.7 Å². The van der Waals surface area contributed by atoms with E-state index in [0.717, 1.165) is 17.0 Å². The summed E-state index contributed by atoms with van der Waals surface area (Å²) in [5.41, 5.74) is -1.38. The minimum absolute atomic E-state index is 0.0186. The van der Waals surface area contributed by atoms with Crippen LogP contribution >= 0.6 is 39.1 Å². The molecule has 1 N–H and O–H groups in total. The van der Waals surface area contributed by atoms with E-state index in [9.17, 15) is 44.5 Å². The summed E-state index contributed by atoms with van der Waals surface area (Å²) in [5, 5.41) is 34.6. The maximum atomic E-state index is 14.4. The van der Waals surface area contributed by atoms with Gasteiger partial charge in [0.2, 0.25) is 17.6 Å². The zero-order valence-electron chi connectivity index (χ0n) is 27.9. The number of allylic oxidation sites excluding steroid dienone is 3. The molecule has 0 unspecified atom stereocenters. The molecule has 2 aliphatic heterocycles. The number of nitro groups is 2. The van der Waals surface area contributed by atoms with E-state index < -0.39 is 78.3 Å². The van der Waals surface area contributed by atoms with Crippen molar-refractivity contribution in [3.05, 3.63) is 67.8 Å². The van der Waals surface area contributed by atoms with Gasteiger partial charge < -0.3 is 19.5 Å². The lowest BCUT2D eigenvalue weighted by molar-refractivity contribution is -0.392. The van der Waals surface area contributed by atoms with Crippen molar-refractivity contribution < 1.29 is 43.6 Å². The van der Waals surface area contributed by atoms with Crippen LogP contribution in [-0.4, -0.2) is 87.0 Å². The molecule has 16 nitrogen and oxygen atoms in total. The zero-order valence-corrected chi connectivity index (χ0v) is 31.0. The number of nitrogens with zero attached hydrogens (tertiary/aromatic N) is 5. The number of anilines is 2. The van der Waals surface area contributed by atoms with Gasteiger partial charge in [0, 0.05) is 32.1 Å². The summed E-state index contributed by atoms with van der Waals surface area (Å²) in [6.45, 7) is 0. The summed E-state index contributed by atoms with van der Waals surface area (Å²) in [6, 6.07) is 4.88. The van der Waals surface area contributed by atoms with Gasteiger partial charge in [-0.2, -0.15) is 0 Å². The second-order valence-corrected chi connectivity index (χ2v) is 14.7. The quantitative estimate of drug-likeness (QED) is 0.0910. The second-order valence-electron chi connectivity index (χ2n) is 12.9. The second kappa shape index (κ2) is 13.0. The highest BCUT2D eigenvalue weighted by molar-refractivity contribution is 9.09. The summed E-state index contributed by atoms with van der Waals surface area (Å²) >= 11 is 17.6. The molecule has 2 aliphatic carbocycles. The fourth-order valence-corrected chi connectivity index (χ4v) is 9.31. The molecular formula is C33H30BrCl2N5O11. The van der Waals surface area contributed by atoms with Crippen LogP contribution < -0.4 is 19.3 Å². The fraction of sp³-hybridized carbons (Fsp3) is 0.394. The lowest BCUT2D eigenvalue weighted by atomic mass is 9.57. The Labute approximate surface area is 313 Å². The number of nitro benzene ring substituents is 2. The number of aromatic hydroxyl groups is 1. The molecule has 0 bridgehead atoms. The summed E-state index contributed by atoms with van der Waals surface area (Å²) in [4.78, 5) is 77.3. The number of alkyl halides is 3. The number of carbonyl (C=O) groups is 4. The van der Waals surface area contributed by atoms with Crippen molar-refractivity contribution in [3.8, 4) is 17.2 Å². The number of likely N-dealkylation sites (tertiary alicyclic amines) is 1. The molecule has 2 saturated heterocycles. The first-order valence-corrected chi connectivity index (χ1v) is 17.5. The first kappa shape index (κ1) is 37.0. The number of hydrogen-bond acceptors (Lipinski definition) is 12. The summed E-state index contributed by atoms with van der Waals surface area (Å²) in [6.07, 6.45) is 4.47. The minimum atomic E-state index is -2.09. The number of phenolic OH excluding ortho intramolecular Hbond substituents is 1. The van der Waals surface area contributed by atoms with Crippen LogP contribution in [0.5, 0.6) is 17.2 Å². The van der Waals surface area contributed by atoms with Crippen LogP contribution in [0.25, 0.3) is 6.08 Å². The predicted octanol–water partition coefficient (Wildman–Crippen LogP) is 4.75. The maximum absolute atomic E-state index is 14.4. The number of rotatable bonds is 9. The van der Waals surface area contributed by atoms with Gasteiger partial charge in [-0.05, 0) is 36.5 Å². The first-order chi connectivity index (χ1) is 24.5. The Morgan fingerprint density at radius 2 is 1.56 bits per heavy atom. The number of carbonyl (C=O) groups excluding carboxylic acids is 4. The highest BCUT2D eigenvalue weighted by Gasteiger charge is 2.75. The first-order valence-electron chi connectivity index (χ1n) is 15.6. The van der Waals surface area contributed by atoms with Gasteiger partial charge in [-0.25, -0.2) is 4.90 Å². The van der Waals surface area contributed by atoms with E-state index in [1.807, 2.05) is 0 Å². The van der Waals surface area contributed by atoms with E-state index >= 15 is 0 Å². The molecule has 3 fully saturated rings. The average molecular weight is 823 g/mol. The SMILES string of the molecule is COc1cc(C=C[C@H]2C3=CC[C@@H]4C(=O)N(c5cc([N+](=O)[O-])c(N(C)C)c([N+](=O)[O-])c5)C(=O)[C@@H]4[C@@H]3C[C@@]3(Cl)C(=O)N(CBr)C(=O)[C@@]23Cl)cc(OC)c1O. The van der Waals surface area contributed by atoms with E-state index in [-0.39, 0.29) is 46.9 Å². The summed E-state index contributed by atoms with van der Waals surface area (Å²) in [7, 11) is 5.47. The molecule has 0 aromatic heterocycles. The number of halogens is 3. The van der Waals surface area contributed by atoms with E-state index in [2.05, 4.69) is 15.9 Å². The van der Waals surface area contributed by atoms with Crippen LogP contribution in [0.2, 0.25) is 0 Å². The monoisotopic (exact) mass is 821 g/mol. The molecule has 2 aromatic rings. The number of methoxy groups -OCH3 is 2. The lowest BCUT2D eigenvalue weighted by Gasteiger charge is -2.49. The summed E-state index contributed by atoms with van der Waals surface area (Å²) < 4.78 is 10.5. The van der Waals surface area contributed by atoms with Crippen LogP contribution in [0, 0.1) is 43.9 Å². The Hall–Kier alpha value is -4.74. The number of benzene rings is 2. The molecular weight excluding hydrogens is 793 g/mol. The van der Waals surface area contributed by atoms with Crippen molar-refractivity contribution >= 4 is 91.6 Å². The Balaban J connectivity index is 1.48. The molecule has 4 amide bonds. The minimum Gasteiger partial charge on any atom is -0.502 e. The number of phenols is 1. The molecule has 2 heterocycles. The van der Waals surface area contributed by atoms with E-state index in [1.165, 1.54) is 45.3 Å². The van der Waals surface area contributed by atoms with Gasteiger partial charge in [-0.3, -0.25) is 44.3 Å². The number of fused-ring (bicyclic) bond motifs is 4. The van der Waals surface area contributed by atoms with Crippen LogP contribution in [0.3, 0.4) is 0 Å². The number of hydrogen-bond donors (Lipinski definition) is 1. The molecule has 6 atom stereocenters. The van der Waals surface area contributed by atoms with Gasteiger partial charge in [0.25, 0.3) is 11.8 Å². The van der Waals surface area contributed by atoms with Gasteiger partial charge in [-0.15, -0.1) is 23.2 Å². The molecule has 274 valence electrons. The smallest absolute Gasteiger partial charge is 0.301 e. The van der Waals surface area contributed by atoms with Crippen LogP contribution in [0.1, 0.15) is 18.4 Å². The molecule has 0 spiro atoms. The highest BCUT2D eigenvalue weighted by Crippen LogP contribution is 2.63. The molecule has 0 radical (unpaired) electrons. The van der Waals surface area contributed by atoms with Crippen LogP contribution in [0.15, 0.2) is 42.0 Å². The van der Waals surface area contributed by atoms with Crippen molar-refractivity contribution in [1.29, 1.82) is 0 Å². The van der Waals surface area contributed by atoms with E-state index in [1.54, 1.807) is 18.2 Å². The molecule has 1 saturated carbocycles. The maximum Gasteiger partial charge on any atom is 0.301 e. The van der Waals surface area contributed by atoms with Crippen molar-refractivity contribution in [2.45, 2.75) is 22.6 Å². The fourth-order valence-electron chi connectivity index (χ4n) is 7.93. The van der Waals surface area contributed by atoms with Gasteiger partial charge in [-0.1, -0.05) is 39.7 Å². The normalized spacial score (nSPS) is 28.1. The number of ether oxygens (including phenoxy) is 2. The van der Waals surface area contributed by atoms with E-state index in [0.29, 0.717) is 16.0 Å². The number of amides is 4. The third-order valence-corrected chi connectivity index (χ3v) is 12.1. The Bertz CT molecular complexity index is 1980. The van der Waals surface area contributed by atoms with Gasteiger partial charge >= 0.3 is 11.4 Å². The highest BCUT2D eigenvalue weighted by atomic mass is 79.9.